The summed E-state index contributed by atoms with van der Waals surface area (Å²) >= 11 is 9.32. The number of hydrogen-bond donors (Lipinski definition) is 1. The Morgan fingerprint density at radius 1 is 1.29 bits per heavy atom. The van der Waals surface area contributed by atoms with E-state index in [-0.39, 0.29) is 6.04 Å². The van der Waals surface area contributed by atoms with Gasteiger partial charge in [0, 0.05) is 10.6 Å². The van der Waals surface area contributed by atoms with Crippen molar-refractivity contribution in [2.24, 2.45) is 0 Å². The maximum absolute atomic E-state index is 5.90. The van der Waals surface area contributed by atoms with E-state index < -0.39 is 0 Å². The lowest BCUT2D eigenvalue weighted by Crippen LogP contribution is -2.21. The molecule has 17 heavy (non-hydrogen) atoms. The summed E-state index contributed by atoms with van der Waals surface area (Å²) in [5.41, 5.74) is 2.26. The molecule has 1 heterocycles. The molecule has 0 saturated heterocycles. The van der Waals surface area contributed by atoms with Crippen molar-refractivity contribution < 1.29 is 4.42 Å². The van der Waals surface area contributed by atoms with Crippen molar-refractivity contribution in [3.05, 3.63) is 57.4 Å². The normalized spacial score (nSPS) is 12.6. The van der Waals surface area contributed by atoms with Crippen LogP contribution in [0.15, 0.2) is 45.7 Å². The summed E-state index contributed by atoms with van der Waals surface area (Å²) in [5, 5.41) is 4.17. The van der Waals surface area contributed by atoms with Crippen LogP contribution in [0, 0.1) is 0 Å². The predicted molar refractivity (Wildman–Crippen MR) is 73.4 cm³/mol. The van der Waals surface area contributed by atoms with Crippen molar-refractivity contribution in [1.29, 1.82) is 0 Å². The molecule has 0 bridgehead atoms. The molecule has 0 fully saturated rings. The van der Waals surface area contributed by atoms with Gasteiger partial charge in [-0.1, -0.05) is 30.7 Å². The van der Waals surface area contributed by atoms with Gasteiger partial charge in [-0.15, -0.1) is 0 Å². The van der Waals surface area contributed by atoms with Crippen LogP contribution < -0.4 is 5.32 Å². The van der Waals surface area contributed by atoms with Crippen LogP contribution >= 0.6 is 27.5 Å². The Labute approximate surface area is 114 Å². The van der Waals surface area contributed by atoms with E-state index in [9.17, 15) is 0 Å². The summed E-state index contributed by atoms with van der Waals surface area (Å²) in [4.78, 5) is 0. The van der Waals surface area contributed by atoms with E-state index in [1.54, 1.807) is 6.26 Å². The number of hydrogen-bond acceptors (Lipinski definition) is 2. The van der Waals surface area contributed by atoms with Crippen molar-refractivity contribution in [1.82, 2.24) is 5.32 Å². The lowest BCUT2D eigenvalue weighted by atomic mass is 10.0. The zero-order chi connectivity index (χ0) is 12.3. The smallest absolute Gasteiger partial charge is 0.174 e. The molecule has 1 N–H and O–H groups in total. The third-order valence-corrected chi connectivity index (χ3v) is 3.47. The Kier molecular flexibility index (Phi) is 4.26. The van der Waals surface area contributed by atoms with Gasteiger partial charge in [0.15, 0.2) is 4.67 Å². The van der Waals surface area contributed by atoms with Gasteiger partial charge in [-0.25, -0.2) is 0 Å². The molecule has 0 saturated carbocycles. The van der Waals surface area contributed by atoms with E-state index in [2.05, 4.69) is 28.2 Å². The predicted octanol–water partition coefficient (Wildman–Crippen LogP) is 4.39. The molecule has 0 aliphatic carbocycles. The molecule has 0 radical (unpaired) electrons. The van der Waals surface area contributed by atoms with Gasteiger partial charge in [-0.2, -0.15) is 0 Å². The first-order chi connectivity index (χ1) is 8.22. The fourth-order valence-corrected chi connectivity index (χ4v) is 2.37. The van der Waals surface area contributed by atoms with Crippen LogP contribution in [-0.4, -0.2) is 6.54 Å². The van der Waals surface area contributed by atoms with Crippen LogP contribution in [0.4, 0.5) is 0 Å². The second-order valence-electron chi connectivity index (χ2n) is 3.69. The number of furan rings is 1. The second-order valence-corrected chi connectivity index (χ2v) is 4.85. The van der Waals surface area contributed by atoms with Gasteiger partial charge in [-0.05, 0) is 46.2 Å². The fourth-order valence-electron chi connectivity index (χ4n) is 1.78. The molecule has 0 amide bonds. The van der Waals surface area contributed by atoms with Crippen LogP contribution in [0.5, 0.6) is 0 Å². The van der Waals surface area contributed by atoms with E-state index in [0.29, 0.717) is 0 Å². The molecule has 2 aromatic rings. The SMILES string of the molecule is CCNC(c1ccc(Cl)cc1)c1ccoc1Br. The van der Waals surface area contributed by atoms with E-state index in [1.807, 2.05) is 30.3 Å². The molecule has 1 unspecified atom stereocenters. The van der Waals surface area contributed by atoms with E-state index in [4.69, 9.17) is 16.0 Å². The standard InChI is InChI=1S/C13H13BrClNO/c1-2-16-12(11-7-8-17-13(11)14)9-3-5-10(15)6-4-9/h3-8,12,16H,2H2,1H3. The Balaban J connectivity index is 2.35. The minimum absolute atomic E-state index is 0.116. The van der Waals surface area contributed by atoms with Crippen molar-refractivity contribution >= 4 is 27.5 Å². The Morgan fingerprint density at radius 2 is 2.00 bits per heavy atom. The highest BCUT2D eigenvalue weighted by Gasteiger charge is 2.17. The van der Waals surface area contributed by atoms with Crippen molar-refractivity contribution in [3.8, 4) is 0 Å². The van der Waals surface area contributed by atoms with Crippen LogP contribution in [0.25, 0.3) is 0 Å². The molecule has 4 heteroatoms. The van der Waals surface area contributed by atoms with Gasteiger partial charge in [-0.3, -0.25) is 0 Å². The van der Waals surface area contributed by atoms with Crippen molar-refractivity contribution in [2.75, 3.05) is 6.54 Å². The lowest BCUT2D eigenvalue weighted by Gasteiger charge is -2.17. The summed E-state index contributed by atoms with van der Waals surface area (Å²) in [5.74, 6) is 0. The van der Waals surface area contributed by atoms with Crippen molar-refractivity contribution in [3.63, 3.8) is 0 Å². The van der Waals surface area contributed by atoms with Gasteiger partial charge in [0.25, 0.3) is 0 Å². The highest BCUT2D eigenvalue weighted by atomic mass is 79.9. The van der Waals surface area contributed by atoms with Crippen LogP contribution in [0.1, 0.15) is 24.1 Å². The van der Waals surface area contributed by atoms with Gasteiger partial charge in [0.2, 0.25) is 0 Å². The Hall–Kier alpha value is -0.770. The first-order valence-electron chi connectivity index (χ1n) is 5.44. The molecular formula is C13H13BrClNO. The summed E-state index contributed by atoms with van der Waals surface area (Å²) in [6.45, 7) is 2.96. The molecular weight excluding hydrogens is 302 g/mol. The molecule has 1 aromatic carbocycles. The lowest BCUT2D eigenvalue weighted by molar-refractivity contribution is 0.526. The molecule has 2 nitrogen and oxygen atoms in total. The topological polar surface area (TPSA) is 25.2 Å². The van der Waals surface area contributed by atoms with E-state index in [1.165, 1.54) is 5.56 Å². The summed E-state index contributed by atoms with van der Waals surface area (Å²) < 4.78 is 6.05. The fraction of sp³-hybridized carbons (Fsp3) is 0.231. The molecule has 0 aliphatic heterocycles. The number of benzene rings is 1. The zero-order valence-electron chi connectivity index (χ0n) is 9.41. The third kappa shape index (κ3) is 2.92. The highest BCUT2D eigenvalue weighted by molar-refractivity contribution is 9.10. The molecule has 0 aliphatic rings. The minimum Gasteiger partial charge on any atom is -0.457 e. The zero-order valence-corrected chi connectivity index (χ0v) is 11.8. The summed E-state index contributed by atoms with van der Waals surface area (Å²) in [6.07, 6.45) is 1.68. The van der Waals surface area contributed by atoms with Gasteiger partial charge in [0.1, 0.15) is 0 Å². The first kappa shape index (κ1) is 12.7. The minimum atomic E-state index is 0.116. The van der Waals surface area contributed by atoms with Crippen molar-refractivity contribution in [2.45, 2.75) is 13.0 Å². The van der Waals surface area contributed by atoms with E-state index in [0.717, 1.165) is 21.8 Å². The summed E-state index contributed by atoms with van der Waals surface area (Å²) in [7, 11) is 0. The number of rotatable bonds is 4. The molecule has 1 atom stereocenters. The average molecular weight is 315 g/mol. The Morgan fingerprint density at radius 3 is 2.53 bits per heavy atom. The third-order valence-electron chi connectivity index (χ3n) is 2.57. The quantitative estimate of drug-likeness (QED) is 0.905. The average Bonchev–Trinajstić information content (AvgIpc) is 2.74. The maximum atomic E-state index is 5.90. The first-order valence-corrected chi connectivity index (χ1v) is 6.61. The summed E-state index contributed by atoms with van der Waals surface area (Å²) in [6, 6.07) is 9.92. The highest BCUT2D eigenvalue weighted by Crippen LogP contribution is 2.30. The van der Waals surface area contributed by atoms with E-state index >= 15 is 0 Å². The van der Waals surface area contributed by atoms with Crippen LogP contribution in [0.3, 0.4) is 0 Å². The molecule has 90 valence electrons. The maximum Gasteiger partial charge on any atom is 0.174 e. The van der Waals surface area contributed by atoms with Gasteiger partial charge < -0.3 is 9.73 Å². The number of halogens is 2. The molecule has 2 rings (SSSR count). The monoisotopic (exact) mass is 313 g/mol. The van der Waals surface area contributed by atoms with Crippen LogP contribution in [0.2, 0.25) is 5.02 Å². The molecule has 1 aromatic heterocycles. The van der Waals surface area contributed by atoms with Crippen LogP contribution in [-0.2, 0) is 0 Å². The second kappa shape index (κ2) is 5.71. The Bertz CT molecular complexity index is 480. The van der Waals surface area contributed by atoms with Gasteiger partial charge >= 0.3 is 0 Å². The molecule has 0 spiro atoms. The van der Waals surface area contributed by atoms with Gasteiger partial charge in [0.05, 0.1) is 12.3 Å². The number of nitrogens with one attached hydrogen (secondary N) is 1. The largest absolute Gasteiger partial charge is 0.457 e.